The molecule has 150 valence electrons. The van der Waals surface area contributed by atoms with E-state index in [0.29, 0.717) is 0 Å². The standard InChI is InChI=1S/C23H28N6/c1-16-9-10-18-17(15-27-21(18)14-16)11-13-26-23(24-2)25-12-5-8-22-28-19-6-3-4-7-20(19)29-22/h3-4,6-7,9-10,14-15,27H,5,8,11-13H2,1-2H3,(H,28,29)(H2,24,25,26). The number of hydrogen-bond acceptors (Lipinski definition) is 2. The molecule has 2 heterocycles. The van der Waals surface area contributed by atoms with E-state index < -0.39 is 0 Å². The van der Waals surface area contributed by atoms with Gasteiger partial charge in [0, 0.05) is 43.7 Å². The van der Waals surface area contributed by atoms with Gasteiger partial charge in [-0.05, 0) is 49.1 Å². The van der Waals surface area contributed by atoms with Gasteiger partial charge in [0.2, 0.25) is 0 Å². The number of aromatic nitrogens is 3. The first-order valence-corrected chi connectivity index (χ1v) is 10.2. The van der Waals surface area contributed by atoms with Crippen LogP contribution in [0, 0.1) is 6.92 Å². The van der Waals surface area contributed by atoms with Crippen molar-refractivity contribution in [3.8, 4) is 0 Å². The van der Waals surface area contributed by atoms with E-state index in [1.54, 1.807) is 0 Å². The van der Waals surface area contributed by atoms with Crippen LogP contribution in [0.4, 0.5) is 0 Å². The van der Waals surface area contributed by atoms with E-state index in [4.69, 9.17) is 0 Å². The van der Waals surface area contributed by atoms with Gasteiger partial charge in [0.15, 0.2) is 5.96 Å². The minimum atomic E-state index is 0.837. The van der Waals surface area contributed by atoms with Crippen LogP contribution in [0.15, 0.2) is 53.7 Å². The van der Waals surface area contributed by atoms with E-state index in [-0.39, 0.29) is 0 Å². The first-order valence-electron chi connectivity index (χ1n) is 10.2. The normalized spacial score (nSPS) is 12.0. The molecular weight excluding hydrogens is 360 g/mol. The predicted octanol–water partition coefficient (Wildman–Crippen LogP) is 3.69. The molecule has 6 heteroatoms. The van der Waals surface area contributed by atoms with Gasteiger partial charge in [-0.2, -0.15) is 0 Å². The van der Waals surface area contributed by atoms with Crippen molar-refractivity contribution < 1.29 is 0 Å². The molecule has 4 aromatic rings. The molecule has 0 amide bonds. The lowest BCUT2D eigenvalue weighted by Gasteiger charge is -2.11. The van der Waals surface area contributed by atoms with Crippen molar-refractivity contribution in [2.24, 2.45) is 4.99 Å². The molecule has 0 atom stereocenters. The number of nitrogens with one attached hydrogen (secondary N) is 4. The average molecular weight is 389 g/mol. The molecule has 4 N–H and O–H groups in total. The summed E-state index contributed by atoms with van der Waals surface area (Å²) in [5.41, 5.74) is 5.93. The predicted molar refractivity (Wildman–Crippen MR) is 121 cm³/mol. The van der Waals surface area contributed by atoms with Gasteiger partial charge in [-0.3, -0.25) is 4.99 Å². The van der Waals surface area contributed by atoms with E-state index in [9.17, 15) is 0 Å². The number of rotatable bonds is 7. The van der Waals surface area contributed by atoms with Crippen LogP contribution in [0.1, 0.15) is 23.4 Å². The number of fused-ring (bicyclic) bond motifs is 2. The second kappa shape index (κ2) is 8.82. The maximum absolute atomic E-state index is 4.63. The highest BCUT2D eigenvalue weighted by molar-refractivity contribution is 5.84. The minimum Gasteiger partial charge on any atom is -0.361 e. The number of nitrogens with zero attached hydrogens (tertiary/aromatic N) is 2. The lowest BCUT2D eigenvalue weighted by molar-refractivity contribution is 0.724. The van der Waals surface area contributed by atoms with Crippen molar-refractivity contribution in [3.05, 3.63) is 65.6 Å². The molecule has 0 aliphatic rings. The molecule has 0 saturated carbocycles. The molecule has 0 radical (unpaired) electrons. The second-order valence-corrected chi connectivity index (χ2v) is 7.34. The molecule has 2 aromatic carbocycles. The maximum Gasteiger partial charge on any atom is 0.190 e. The van der Waals surface area contributed by atoms with E-state index in [0.717, 1.165) is 55.2 Å². The third-order valence-electron chi connectivity index (χ3n) is 5.15. The number of benzene rings is 2. The zero-order valence-electron chi connectivity index (χ0n) is 17.0. The summed E-state index contributed by atoms with van der Waals surface area (Å²) in [5.74, 6) is 1.87. The van der Waals surface area contributed by atoms with Crippen LogP contribution in [0.2, 0.25) is 0 Å². The fraction of sp³-hybridized carbons (Fsp3) is 0.304. The van der Waals surface area contributed by atoms with Crippen molar-refractivity contribution in [3.63, 3.8) is 0 Å². The third kappa shape index (κ3) is 4.59. The summed E-state index contributed by atoms with van der Waals surface area (Å²) < 4.78 is 0. The highest BCUT2D eigenvalue weighted by Gasteiger charge is 2.05. The SMILES string of the molecule is CN=C(NCCCc1nc2ccccc2[nH]1)NCCc1c[nH]c2cc(C)ccc12. The fourth-order valence-corrected chi connectivity index (χ4v) is 3.63. The van der Waals surface area contributed by atoms with Crippen molar-refractivity contribution in [2.45, 2.75) is 26.2 Å². The number of aryl methyl sites for hydroxylation is 2. The van der Waals surface area contributed by atoms with Crippen molar-refractivity contribution in [2.75, 3.05) is 20.1 Å². The van der Waals surface area contributed by atoms with Gasteiger partial charge in [-0.25, -0.2) is 4.98 Å². The van der Waals surface area contributed by atoms with Gasteiger partial charge in [0.1, 0.15) is 5.82 Å². The monoisotopic (exact) mass is 388 g/mol. The fourth-order valence-electron chi connectivity index (χ4n) is 3.63. The number of guanidine groups is 1. The Morgan fingerprint density at radius 2 is 1.90 bits per heavy atom. The zero-order chi connectivity index (χ0) is 20.1. The largest absolute Gasteiger partial charge is 0.361 e. The molecule has 2 aromatic heterocycles. The van der Waals surface area contributed by atoms with Crippen LogP contribution >= 0.6 is 0 Å². The van der Waals surface area contributed by atoms with E-state index in [1.807, 2.05) is 25.2 Å². The molecule has 0 bridgehead atoms. The number of aromatic amines is 2. The molecule has 29 heavy (non-hydrogen) atoms. The Balaban J connectivity index is 1.21. The van der Waals surface area contributed by atoms with Crippen LogP contribution < -0.4 is 10.6 Å². The first-order chi connectivity index (χ1) is 14.2. The van der Waals surface area contributed by atoms with E-state index >= 15 is 0 Å². The second-order valence-electron chi connectivity index (χ2n) is 7.34. The number of H-pyrrole nitrogens is 2. The molecule has 0 saturated heterocycles. The van der Waals surface area contributed by atoms with Gasteiger partial charge in [0.25, 0.3) is 0 Å². The Kier molecular flexibility index (Phi) is 5.79. The molecule has 0 spiro atoms. The summed E-state index contributed by atoms with van der Waals surface area (Å²) in [6.07, 6.45) is 4.95. The number of hydrogen-bond donors (Lipinski definition) is 4. The lowest BCUT2D eigenvalue weighted by atomic mass is 10.1. The quantitative estimate of drug-likeness (QED) is 0.221. The van der Waals surface area contributed by atoms with Gasteiger partial charge in [-0.1, -0.05) is 24.3 Å². The minimum absolute atomic E-state index is 0.837. The molecule has 4 rings (SSSR count). The van der Waals surface area contributed by atoms with Crippen molar-refractivity contribution in [1.29, 1.82) is 0 Å². The lowest BCUT2D eigenvalue weighted by Crippen LogP contribution is -2.38. The zero-order valence-corrected chi connectivity index (χ0v) is 17.0. The smallest absolute Gasteiger partial charge is 0.190 e. The van der Waals surface area contributed by atoms with Crippen LogP contribution in [0.25, 0.3) is 21.9 Å². The molecule has 0 fully saturated rings. The number of para-hydroxylation sites is 2. The van der Waals surface area contributed by atoms with Gasteiger partial charge < -0.3 is 20.6 Å². The van der Waals surface area contributed by atoms with Gasteiger partial charge >= 0.3 is 0 Å². The Morgan fingerprint density at radius 1 is 1.03 bits per heavy atom. The third-order valence-corrected chi connectivity index (χ3v) is 5.15. The number of imidazole rings is 1. The molecule has 0 aliphatic carbocycles. The maximum atomic E-state index is 4.63. The molecule has 0 aliphatic heterocycles. The summed E-state index contributed by atoms with van der Waals surface area (Å²) >= 11 is 0. The van der Waals surface area contributed by atoms with Crippen molar-refractivity contribution in [1.82, 2.24) is 25.6 Å². The summed E-state index contributed by atoms with van der Waals surface area (Å²) in [6.45, 7) is 3.80. The Hall–Kier alpha value is -3.28. The summed E-state index contributed by atoms with van der Waals surface area (Å²) in [4.78, 5) is 15.7. The highest BCUT2D eigenvalue weighted by Crippen LogP contribution is 2.19. The number of aliphatic imine (C=N–C) groups is 1. The first kappa shape index (κ1) is 19.1. The topological polar surface area (TPSA) is 80.9 Å². The van der Waals surface area contributed by atoms with Crippen LogP contribution in [-0.2, 0) is 12.8 Å². The van der Waals surface area contributed by atoms with Gasteiger partial charge in [0.05, 0.1) is 11.0 Å². The summed E-state index contributed by atoms with van der Waals surface area (Å²) in [6, 6.07) is 14.7. The van der Waals surface area contributed by atoms with Crippen LogP contribution in [0.5, 0.6) is 0 Å². The summed E-state index contributed by atoms with van der Waals surface area (Å²) in [7, 11) is 1.81. The molecular formula is C23H28N6. The van der Waals surface area contributed by atoms with E-state index in [1.165, 1.54) is 22.0 Å². The Bertz CT molecular complexity index is 1090. The summed E-state index contributed by atoms with van der Waals surface area (Å²) in [5, 5.41) is 8.09. The van der Waals surface area contributed by atoms with Crippen LogP contribution in [0.3, 0.4) is 0 Å². The molecule has 0 unspecified atom stereocenters. The van der Waals surface area contributed by atoms with E-state index in [2.05, 4.69) is 68.0 Å². The van der Waals surface area contributed by atoms with Gasteiger partial charge in [-0.15, -0.1) is 0 Å². The highest BCUT2D eigenvalue weighted by atomic mass is 15.2. The Morgan fingerprint density at radius 3 is 2.76 bits per heavy atom. The Labute approximate surface area is 170 Å². The molecule has 6 nitrogen and oxygen atoms in total. The average Bonchev–Trinajstić information content (AvgIpc) is 3.33. The van der Waals surface area contributed by atoms with Crippen LogP contribution in [-0.4, -0.2) is 41.0 Å². The van der Waals surface area contributed by atoms with Crippen molar-refractivity contribution >= 4 is 27.9 Å².